The molecule has 9 rings (SSSR count). The average molecular weight is 549 g/mol. The zero-order valence-electron chi connectivity index (χ0n) is 23.6. The predicted molar refractivity (Wildman–Crippen MR) is 179 cm³/mol. The fourth-order valence-electron chi connectivity index (χ4n) is 7.44. The second-order valence-corrected chi connectivity index (χ2v) is 11.6. The highest BCUT2D eigenvalue weighted by molar-refractivity contribution is 6.06. The summed E-state index contributed by atoms with van der Waals surface area (Å²) < 4.78 is 6.17. The molecule has 0 saturated heterocycles. The molecule has 0 fully saturated rings. The largest absolute Gasteiger partial charge is 0.456 e. The molecule has 1 heteroatoms. The molecule has 0 radical (unpaired) electrons. The van der Waals surface area contributed by atoms with Crippen LogP contribution in [0.25, 0.3) is 55.0 Å². The van der Waals surface area contributed by atoms with Crippen LogP contribution in [0.3, 0.4) is 0 Å². The Balaban J connectivity index is 1.36. The standard InChI is InChI=1S/C42H28O/c1-2-14-29-27(12-1)13-11-22-33(29)42-36-20-7-5-18-34(36)41(35-19-6-8-21-37(35)42)32-17-4-3-15-30(32)28-24-25-40-38(26-28)31-16-9-10-23-39(31)43-40/h1-26,34,36H. The van der Waals surface area contributed by atoms with E-state index in [0.29, 0.717) is 0 Å². The number of rotatable bonds is 3. The maximum Gasteiger partial charge on any atom is 0.135 e. The van der Waals surface area contributed by atoms with Gasteiger partial charge in [0.1, 0.15) is 11.2 Å². The first-order chi connectivity index (χ1) is 21.3. The van der Waals surface area contributed by atoms with Crippen molar-refractivity contribution in [3.05, 3.63) is 179 Å². The third kappa shape index (κ3) is 3.72. The Morgan fingerprint density at radius 3 is 1.81 bits per heavy atom. The van der Waals surface area contributed by atoms with E-state index < -0.39 is 0 Å². The molecule has 1 heterocycles. The Labute approximate surface area is 250 Å². The van der Waals surface area contributed by atoms with E-state index in [1.165, 1.54) is 54.6 Å². The van der Waals surface area contributed by atoms with Gasteiger partial charge in [-0.3, -0.25) is 0 Å². The maximum absolute atomic E-state index is 6.17. The van der Waals surface area contributed by atoms with Crippen molar-refractivity contribution in [2.24, 2.45) is 11.8 Å². The minimum absolute atomic E-state index is 0.216. The molecule has 0 aliphatic heterocycles. The molecule has 0 saturated carbocycles. The number of furan rings is 1. The zero-order valence-corrected chi connectivity index (χ0v) is 23.6. The minimum atomic E-state index is 0.216. The smallest absolute Gasteiger partial charge is 0.135 e. The molecule has 1 nitrogen and oxygen atoms in total. The molecule has 2 aliphatic carbocycles. The highest BCUT2D eigenvalue weighted by atomic mass is 16.3. The predicted octanol–water partition coefficient (Wildman–Crippen LogP) is 9.18. The summed E-state index contributed by atoms with van der Waals surface area (Å²) in [5.41, 5.74) is 9.71. The molecule has 6 aromatic carbocycles. The first-order valence-electron chi connectivity index (χ1n) is 15.0. The van der Waals surface area contributed by atoms with E-state index in [-0.39, 0.29) is 11.8 Å². The molecule has 0 N–H and O–H groups in total. The number of hydrogen-bond acceptors (Lipinski definition) is 1. The summed E-state index contributed by atoms with van der Waals surface area (Å²) in [6.07, 6.45) is 9.26. The van der Waals surface area contributed by atoms with Crippen molar-refractivity contribution in [1.82, 2.24) is 0 Å². The number of benzene rings is 6. The van der Waals surface area contributed by atoms with E-state index >= 15 is 0 Å². The summed E-state index contributed by atoms with van der Waals surface area (Å²) >= 11 is 0. The molecule has 2 unspecified atom stereocenters. The lowest BCUT2D eigenvalue weighted by Gasteiger charge is -2.34. The van der Waals surface area contributed by atoms with Crippen LogP contribution in [0.15, 0.2) is 162 Å². The van der Waals surface area contributed by atoms with Gasteiger partial charge < -0.3 is 4.42 Å². The van der Waals surface area contributed by atoms with Crippen molar-refractivity contribution in [3.63, 3.8) is 0 Å². The third-order valence-corrected chi connectivity index (χ3v) is 9.29. The van der Waals surface area contributed by atoms with Crippen LogP contribution >= 0.6 is 0 Å². The van der Waals surface area contributed by atoms with Crippen LogP contribution in [-0.2, 0) is 0 Å². The van der Waals surface area contributed by atoms with Crippen LogP contribution in [0.2, 0.25) is 0 Å². The van der Waals surface area contributed by atoms with Gasteiger partial charge in [0.25, 0.3) is 0 Å². The summed E-state index contributed by atoms with van der Waals surface area (Å²) in [7, 11) is 0. The zero-order chi connectivity index (χ0) is 28.3. The van der Waals surface area contributed by atoms with Crippen LogP contribution in [0.5, 0.6) is 0 Å². The van der Waals surface area contributed by atoms with Crippen molar-refractivity contribution >= 4 is 43.9 Å². The molecule has 0 bridgehead atoms. The Bertz CT molecular complexity index is 2410. The molecule has 202 valence electrons. The first kappa shape index (κ1) is 24.2. The van der Waals surface area contributed by atoms with Gasteiger partial charge in [-0.1, -0.05) is 140 Å². The van der Waals surface area contributed by atoms with Gasteiger partial charge in [0.2, 0.25) is 0 Å². The summed E-state index contributed by atoms with van der Waals surface area (Å²) in [6, 6.07) is 48.4. The van der Waals surface area contributed by atoms with Crippen molar-refractivity contribution in [2.45, 2.75) is 0 Å². The lowest BCUT2D eigenvalue weighted by Crippen LogP contribution is -2.40. The second-order valence-electron chi connectivity index (χ2n) is 11.6. The van der Waals surface area contributed by atoms with Gasteiger partial charge in [-0.25, -0.2) is 0 Å². The van der Waals surface area contributed by atoms with E-state index in [0.717, 1.165) is 21.9 Å². The average Bonchev–Trinajstić information content (AvgIpc) is 3.45. The highest BCUT2D eigenvalue weighted by Gasteiger charge is 2.33. The number of allylic oxidation sites excluding steroid dienone is 4. The minimum Gasteiger partial charge on any atom is -0.456 e. The number of hydrogen-bond donors (Lipinski definition) is 0. The van der Waals surface area contributed by atoms with Crippen molar-refractivity contribution in [1.29, 1.82) is 0 Å². The van der Waals surface area contributed by atoms with Gasteiger partial charge in [-0.15, -0.1) is 0 Å². The van der Waals surface area contributed by atoms with E-state index in [1.807, 2.05) is 12.1 Å². The van der Waals surface area contributed by atoms with Crippen LogP contribution < -0.4 is 10.4 Å². The van der Waals surface area contributed by atoms with E-state index in [9.17, 15) is 0 Å². The normalized spacial score (nSPS) is 17.5. The topological polar surface area (TPSA) is 13.1 Å². The van der Waals surface area contributed by atoms with E-state index in [4.69, 9.17) is 4.42 Å². The van der Waals surface area contributed by atoms with Crippen molar-refractivity contribution in [3.8, 4) is 11.1 Å². The molecule has 1 aromatic heterocycles. The van der Waals surface area contributed by atoms with Crippen molar-refractivity contribution in [2.75, 3.05) is 0 Å². The summed E-state index contributed by atoms with van der Waals surface area (Å²) in [5.74, 6) is 0.447. The van der Waals surface area contributed by atoms with Gasteiger partial charge in [0.15, 0.2) is 0 Å². The molecular formula is C42H28O. The van der Waals surface area contributed by atoms with E-state index in [2.05, 4.69) is 146 Å². The quantitative estimate of drug-likeness (QED) is 0.215. The van der Waals surface area contributed by atoms with Gasteiger partial charge in [0.05, 0.1) is 0 Å². The number of para-hydroxylation sites is 1. The third-order valence-electron chi connectivity index (χ3n) is 9.29. The molecule has 7 aromatic rings. The molecule has 2 aliphatic rings. The van der Waals surface area contributed by atoms with Crippen LogP contribution in [0.1, 0.15) is 11.1 Å². The summed E-state index contributed by atoms with van der Waals surface area (Å²) in [6.45, 7) is 0. The monoisotopic (exact) mass is 548 g/mol. The lowest BCUT2D eigenvalue weighted by molar-refractivity contribution is 0.669. The Hall–Kier alpha value is -5.40. The Morgan fingerprint density at radius 2 is 1.00 bits per heavy atom. The van der Waals surface area contributed by atoms with Gasteiger partial charge in [-0.2, -0.15) is 0 Å². The number of fused-ring (bicyclic) bond motifs is 6. The van der Waals surface area contributed by atoms with Crippen LogP contribution in [-0.4, -0.2) is 0 Å². The first-order valence-corrected chi connectivity index (χ1v) is 15.0. The molecule has 43 heavy (non-hydrogen) atoms. The Kier molecular flexibility index (Phi) is 5.39. The van der Waals surface area contributed by atoms with Gasteiger partial charge in [0, 0.05) is 22.6 Å². The Morgan fingerprint density at radius 1 is 0.419 bits per heavy atom. The van der Waals surface area contributed by atoms with Crippen molar-refractivity contribution < 1.29 is 4.42 Å². The summed E-state index contributed by atoms with van der Waals surface area (Å²) in [5, 5.41) is 7.53. The van der Waals surface area contributed by atoms with Crippen LogP contribution in [0, 0.1) is 11.8 Å². The highest BCUT2D eigenvalue weighted by Crippen LogP contribution is 2.44. The fourth-order valence-corrected chi connectivity index (χ4v) is 7.44. The summed E-state index contributed by atoms with van der Waals surface area (Å²) in [4.78, 5) is 0. The maximum atomic E-state index is 6.17. The molecule has 0 spiro atoms. The fraction of sp³-hybridized carbons (Fsp3) is 0.0476. The van der Waals surface area contributed by atoms with Gasteiger partial charge >= 0.3 is 0 Å². The van der Waals surface area contributed by atoms with Crippen LogP contribution in [0.4, 0.5) is 0 Å². The van der Waals surface area contributed by atoms with E-state index in [1.54, 1.807) is 0 Å². The molecular weight excluding hydrogens is 520 g/mol. The SMILES string of the molecule is C1=CC2C(c3ccccc3-c3ccc4oc5ccccc5c4c3)=c3ccccc3=C(c3cccc4ccccc34)C2C=C1. The molecule has 2 atom stereocenters. The molecule has 0 amide bonds. The lowest BCUT2D eigenvalue weighted by atomic mass is 9.69. The van der Waals surface area contributed by atoms with Gasteiger partial charge in [-0.05, 0) is 72.8 Å². The second kappa shape index (κ2) is 9.58.